The summed E-state index contributed by atoms with van der Waals surface area (Å²) in [4.78, 5) is 21.8. The summed E-state index contributed by atoms with van der Waals surface area (Å²) in [7, 11) is 4.63. The number of methoxy groups -OCH3 is 3. The third-order valence-electron chi connectivity index (χ3n) is 5.06. The maximum absolute atomic E-state index is 13.1. The second kappa shape index (κ2) is 9.75. The third kappa shape index (κ3) is 4.68. The molecule has 0 aliphatic heterocycles. The Morgan fingerprint density at radius 3 is 2.30 bits per heavy atom. The molecule has 4 aromatic rings. The monoisotopic (exact) mass is 464 g/mol. The molecule has 0 amide bonds. The van der Waals surface area contributed by atoms with E-state index in [0.717, 1.165) is 5.56 Å². The van der Waals surface area contributed by atoms with Gasteiger partial charge in [0.05, 0.1) is 38.1 Å². The van der Waals surface area contributed by atoms with Crippen molar-refractivity contribution in [2.24, 2.45) is 0 Å². The summed E-state index contributed by atoms with van der Waals surface area (Å²) in [5.41, 5.74) is 3.05. The highest BCUT2D eigenvalue weighted by Crippen LogP contribution is 2.41. The van der Waals surface area contributed by atoms with E-state index < -0.39 is 5.97 Å². The van der Waals surface area contributed by atoms with E-state index in [2.05, 4.69) is 4.98 Å². The molecule has 0 radical (unpaired) electrons. The van der Waals surface area contributed by atoms with Crippen LogP contribution in [0.5, 0.6) is 17.2 Å². The number of aromatic nitrogens is 2. The average molecular weight is 465 g/mol. The Kier molecular flexibility index (Phi) is 6.60. The van der Waals surface area contributed by atoms with E-state index in [0.29, 0.717) is 50.1 Å². The molecule has 4 rings (SSSR count). The smallest absolute Gasteiger partial charge is 0.339 e. The van der Waals surface area contributed by atoms with Crippen molar-refractivity contribution in [2.75, 3.05) is 21.3 Å². The minimum Gasteiger partial charge on any atom is -0.493 e. The van der Waals surface area contributed by atoms with Crippen molar-refractivity contribution in [3.63, 3.8) is 0 Å². The maximum Gasteiger partial charge on any atom is 0.339 e. The van der Waals surface area contributed by atoms with Gasteiger partial charge in [-0.25, -0.2) is 14.8 Å². The quantitative estimate of drug-likeness (QED) is 0.270. The van der Waals surface area contributed by atoms with Crippen LogP contribution in [-0.4, -0.2) is 37.3 Å². The average Bonchev–Trinajstić information content (AvgIpc) is 2.86. The number of esters is 1. The molecule has 0 fully saturated rings. The summed E-state index contributed by atoms with van der Waals surface area (Å²) in [5, 5.41) is 1.06. The van der Waals surface area contributed by atoms with Crippen LogP contribution >= 0.6 is 11.6 Å². The fourth-order valence-electron chi connectivity index (χ4n) is 3.44. The minimum absolute atomic E-state index is 0.0686. The molecule has 7 nitrogen and oxygen atoms in total. The van der Waals surface area contributed by atoms with E-state index in [1.54, 1.807) is 57.9 Å². The molecule has 0 aliphatic rings. The van der Waals surface area contributed by atoms with Crippen molar-refractivity contribution in [3.8, 4) is 28.5 Å². The number of rotatable bonds is 7. The first-order valence-electron chi connectivity index (χ1n) is 10.0. The molecule has 8 heteroatoms. The van der Waals surface area contributed by atoms with Gasteiger partial charge in [-0.15, -0.1) is 0 Å². The van der Waals surface area contributed by atoms with Crippen LogP contribution in [0.15, 0.2) is 60.8 Å². The molecule has 33 heavy (non-hydrogen) atoms. The number of hydrogen-bond donors (Lipinski definition) is 0. The van der Waals surface area contributed by atoms with Gasteiger partial charge in [0.2, 0.25) is 5.75 Å². The molecule has 0 spiro atoms. The second-order valence-corrected chi connectivity index (χ2v) is 7.44. The number of nitrogens with zero attached hydrogens (tertiary/aromatic N) is 2. The van der Waals surface area contributed by atoms with Gasteiger partial charge in [-0.1, -0.05) is 35.9 Å². The van der Waals surface area contributed by atoms with Gasteiger partial charge in [0.25, 0.3) is 0 Å². The fourth-order valence-corrected chi connectivity index (χ4v) is 3.55. The summed E-state index contributed by atoms with van der Waals surface area (Å²) in [6, 6.07) is 16.1. The molecule has 0 aliphatic carbocycles. The second-order valence-electron chi connectivity index (χ2n) is 7.05. The van der Waals surface area contributed by atoms with Gasteiger partial charge in [-0.2, -0.15) is 0 Å². The molecule has 0 saturated carbocycles. The topological polar surface area (TPSA) is 79.8 Å². The Morgan fingerprint density at radius 1 is 0.939 bits per heavy atom. The molecular formula is C25H21ClN2O5. The molecule has 2 heterocycles. The van der Waals surface area contributed by atoms with Gasteiger partial charge in [0.1, 0.15) is 11.8 Å². The van der Waals surface area contributed by atoms with E-state index in [4.69, 9.17) is 35.5 Å². The van der Waals surface area contributed by atoms with Crippen molar-refractivity contribution in [3.05, 3.63) is 77.1 Å². The Hall–Kier alpha value is -3.84. The highest BCUT2D eigenvalue weighted by Gasteiger charge is 2.19. The van der Waals surface area contributed by atoms with Crippen molar-refractivity contribution < 1.29 is 23.7 Å². The molecule has 168 valence electrons. The van der Waals surface area contributed by atoms with E-state index in [1.807, 2.05) is 24.3 Å². The van der Waals surface area contributed by atoms with E-state index >= 15 is 0 Å². The zero-order chi connectivity index (χ0) is 23.4. The summed E-state index contributed by atoms with van der Waals surface area (Å²) in [6.07, 6.45) is 1.57. The number of fused-ring (bicyclic) bond motifs is 1. The van der Waals surface area contributed by atoms with Crippen LogP contribution in [0.2, 0.25) is 5.15 Å². The first-order chi connectivity index (χ1) is 16.0. The zero-order valence-corrected chi connectivity index (χ0v) is 19.1. The summed E-state index contributed by atoms with van der Waals surface area (Å²) >= 11 is 5.82. The molecular weight excluding hydrogens is 444 g/mol. The number of carbonyl (C=O) groups excluding carboxylic acids is 1. The first kappa shape index (κ1) is 22.4. The van der Waals surface area contributed by atoms with Crippen LogP contribution < -0.4 is 14.2 Å². The van der Waals surface area contributed by atoms with Gasteiger partial charge >= 0.3 is 5.97 Å². The van der Waals surface area contributed by atoms with Crippen LogP contribution in [0.3, 0.4) is 0 Å². The highest BCUT2D eigenvalue weighted by molar-refractivity contribution is 6.29. The van der Waals surface area contributed by atoms with Gasteiger partial charge < -0.3 is 18.9 Å². The van der Waals surface area contributed by atoms with E-state index in [-0.39, 0.29) is 6.61 Å². The van der Waals surface area contributed by atoms with Crippen molar-refractivity contribution in [1.82, 2.24) is 9.97 Å². The predicted octanol–water partition coefficient (Wildman–Crippen LogP) is 5.33. The van der Waals surface area contributed by atoms with Crippen molar-refractivity contribution >= 4 is 28.5 Å². The number of pyridine rings is 2. The van der Waals surface area contributed by atoms with E-state index in [9.17, 15) is 4.79 Å². The summed E-state index contributed by atoms with van der Waals surface area (Å²) in [5.74, 6) is 0.973. The number of ether oxygens (including phenoxy) is 4. The lowest BCUT2D eigenvalue weighted by molar-refractivity contribution is 0.0474. The van der Waals surface area contributed by atoms with Crippen molar-refractivity contribution in [2.45, 2.75) is 6.61 Å². The van der Waals surface area contributed by atoms with Crippen LogP contribution in [0, 0.1) is 0 Å². The van der Waals surface area contributed by atoms with Crippen LogP contribution in [0.1, 0.15) is 15.9 Å². The number of benzene rings is 2. The van der Waals surface area contributed by atoms with Crippen LogP contribution in [0.25, 0.3) is 22.2 Å². The lowest BCUT2D eigenvalue weighted by Gasteiger charge is -2.15. The molecule has 2 aromatic heterocycles. The van der Waals surface area contributed by atoms with E-state index in [1.165, 1.54) is 0 Å². The molecule has 0 saturated heterocycles. The number of hydrogen-bond acceptors (Lipinski definition) is 7. The standard InChI is InChI=1S/C25H21ClN2O5/c1-30-21-10-16(11-22(31-2)24(21)32-3)20-12-18(17-6-4-5-7-19(17)28-20)25(29)33-14-15-8-9-23(26)27-13-15/h4-13H,14H2,1-3H3. The third-order valence-corrected chi connectivity index (χ3v) is 5.28. The molecule has 0 unspecified atom stereocenters. The summed E-state index contributed by atoms with van der Waals surface area (Å²) in [6.45, 7) is 0.0686. The van der Waals surface area contributed by atoms with Gasteiger partial charge in [0, 0.05) is 22.7 Å². The first-order valence-corrected chi connectivity index (χ1v) is 10.4. The van der Waals surface area contributed by atoms with Crippen molar-refractivity contribution in [1.29, 1.82) is 0 Å². The molecule has 0 bridgehead atoms. The summed E-state index contributed by atoms with van der Waals surface area (Å²) < 4.78 is 21.9. The largest absolute Gasteiger partial charge is 0.493 e. The van der Waals surface area contributed by atoms with Crippen LogP contribution in [0.4, 0.5) is 0 Å². The Bertz CT molecular complexity index is 1280. The number of carbonyl (C=O) groups is 1. The van der Waals surface area contributed by atoms with Gasteiger partial charge in [-0.3, -0.25) is 0 Å². The molecule has 2 aromatic carbocycles. The Labute approximate surface area is 195 Å². The maximum atomic E-state index is 13.1. The van der Waals surface area contributed by atoms with Crippen LogP contribution in [-0.2, 0) is 11.3 Å². The predicted molar refractivity (Wildman–Crippen MR) is 125 cm³/mol. The van der Waals surface area contributed by atoms with Gasteiger partial charge in [-0.05, 0) is 30.3 Å². The molecule has 0 N–H and O–H groups in total. The number of halogens is 1. The lowest BCUT2D eigenvalue weighted by Crippen LogP contribution is -2.07. The Morgan fingerprint density at radius 2 is 1.67 bits per heavy atom. The fraction of sp³-hybridized carbons (Fsp3) is 0.160. The van der Waals surface area contributed by atoms with Gasteiger partial charge in [0.15, 0.2) is 11.5 Å². The lowest BCUT2D eigenvalue weighted by atomic mass is 10.0. The zero-order valence-electron chi connectivity index (χ0n) is 18.3. The Balaban J connectivity index is 1.76. The SMILES string of the molecule is COc1cc(-c2cc(C(=O)OCc3ccc(Cl)nc3)c3ccccc3n2)cc(OC)c1OC. The normalized spacial score (nSPS) is 10.7. The minimum atomic E-state index is -0.475. The molecule has 0 atom stereocenters. The highest BCUT2D eigenvalue weighted by atomic mass is 35.5. The number of para-hydroxylation sites is 1.